The monoisotopic (exact) mass is 1130 g/mol. The number of nitrogens with one attached hydrogen (secondary N) is 1. The van der Waals surface area contributed by atoms with Crippen molar-refractivity contribution >= 4 is 29.6 Å². The van der Waals surface area contributed by atoms with Crippen LogP contribution in [-0.4, -0.2) is 26.5 Å². The zero-order valence-electron chi connectivity index (χ0n) is 19.0. The largest absolute Gasteiger partial charge is 0.624 e. The second-order valence-corrected chi connectivity index (χ2v) is 6.18. The van der Waals surface area contributed by atoms with E-state index >= 15 is 0 Å². The summed E-state index contributed by atoms with van der Waals surface area (Å²) >= 11 is 3.89. The third kappa shape index (κ3) is 19.8. The van der Waals surface area contributed by atoms with Crippen LogP contribution in [0.2, 0.25) is 0 Å². The van der Waals surface area contributed by atoms with E-state index in [4.69, 9.17) is 0 Å². The van der Waals surface area contributed by atoms with Crippen molar-refractivity contribution in [2.24, 2.45) is 0 Å². The SMILES string of the molecule is C=CCCNC(=O)c1ccc2c(-c3ccc(F)cc3)cccc2c1.CO[S-].FCF.[Ce].[Ce].[Ce].[Ce].[Ce]. The van der Waals surface area contributed by atoms with Gasteiger partial charge < -0.3 is 22.4 Å². The van der Waals surface area contributed by atoms with Gasteiger partial charge in [-0.25, -0.2) is 13.2 Å². The molecule has 0 bridgehead atoms. The molecule has 0 aromatic heterocycles. The molecule has 3 aromatic carbocycles. The van der Waals surface area contributed by atoms with Gasteiger partial charge in [0.15, 0.2) is 0 Å². The molecule has 0 spiro atoms. The molecule has 1 N–H and O–H groups in total. The van der Waals surface area contributed by atoms with Gasteiger partial charge >= 0.3 is 0 Å². The molecule has 0 unspecified atom stereocenters. The first-order valence-electron chi connectivity index (χ1n) is 8.98. The molecule has 3 rings (SSSR count). The van der Waals surface area contributed by atoms with Crippen LogP contribution in [0.1, 0.15) is 16.8 Å². The Morgan fingerprint density at radius 1 is 1.00 bits per heavy atom. The molecule has 180 valence electrons. The Balaban J connectivity index is -0.000000249. The van der Waals surface area contributed by atoms with Crippen molar-refractivity contribution in [3.8, 4) is 11.1 Å². The van der Waals surface area contributed by atoms with Crippen LogP contribution in [0.4, 0.5) is 13.2 Å². The number of fused-ring (bicyclic) bond motifs is 1. The van der Waals surface area contributed by atoms with Crippen LogP contribution < -0.4 is 5.32 Å². The van der Waals surface area contributed by atoms with Crippen LogP contribution in [0, 0.1) is 215 Å². The normalized spacial score (nSPS) is 8.26. The van der Waals surface area contributed by atoms with E-state index in [2.05, 4.69) is 29.0 Å². The second kappa shape index (κ2) is 31.1. The standard InChI is InChI=1S/C21H18FNO.CH2F2.CH4OS.5Ce/c1-2-3-13-23-21(24)17-9-12-20-16(14-17)5-4-6-19(20)15-7-10-18(22)11-8-15;2-1-3;1-2-3;;;;;/h2,4-12,14H,1,3,13H2,(H,23,24);1H2;3H,1H3;;;;;/p-1. The maximum Gasteiger partial charge on any atom is 0.251 e. The van der Waals surface area contributed by atoms with Gasteiger partial charge in [-0.1, -0.05) is 42.5 Å². The fourth-order valence-corrected chi connectivity index (χ4v) is 2.70. The number of benzene rings is 3. The zero-order chi connectivity index (χ0) is 22.4. The van der Waals surface area contributed by atoms with E-state index in [-0.39, 0.29) is 220 Å². The Labute approximate surface area is 379 Å². The predicted molar refractivity (Wildman–Crippen MR) is 118 cm³/mol. The Bertz CT molecular complexity index is 952. The molecule has 3 nitrogen and oxygen atoms in total. The molecule has 1 amide bonds. The molecule has 0 fully saturated rings. The molecule has 0 radical (unpaired) electrons. The van der Waals surface area contributed by atoms with Gasteiger partial charge in [0.05, 0.1) is 0 Å². The molecule has 0 heterocycles. The number of carbonyl (C=O) groups is 1. The molecule has 12 heteroatoms. The molecular formula is C23H23Ce5F3NO2S-. The summed E-state index contributed by atoms with van der Waals surface area (Å²) in [6.07, 6.45) is 2.52. The fourth-order valence-electron chi connectivity index (χ4n) is 2.70. The van der Waals surface area contributed by atoms with E-state index < -0.39 is 6.93 Å². The Kier molecular flexibility index (Phi) is 43.3. The number of carbonyl (C=O) groups excluding carboxylic acids is 1. The fraction of sp³-hybridized carbons (Fsp3) is 0.174. The van der Waals surface area contributed by atoms with Gasteiger partial charge in [-0.2, -0.15) is 0 Å². The van der Waals surface area contributed by atoms with E-state index in [1.165, 1.54) is 19.2 Å². The third-order valence-corrected chi connectivity index (χ3v) is 3.93. The molecule has 0 aliphatic rings. The van der Waals surface area contributed by atoms with E-state index in [0.29, 0.717) is 12.1 Å². The van der Waals surface area contributed by atoms with E-state index in [9.17, 15) is 18.0 Å². The van der Waals surface area contributed by atoms with E-state index in [1.54, 1.807) is 18.2 Å². The third-order valence-electron chi connectivity index (χ3n) is 3.93. The van der Waals surface area contributed by atoms with Crippen LogP contribution >= 0.6 is 0 Å². The average Bonchev–Trinajstić information content (AvgIpc) is 2.75. The number of hydrogen-bond acceptors (Lipinski definition) is 3. The minimum Gasteiger partial charge on any atom is -0.624 e. The van der Waals surface area contributed by atoms with Gasteiger partial charge in [-0.15, -0.1) is 6.58 Å². The van der Waals surface area contributed by atoms with Crippen molar-refractivity contribution in [2.45, 2.75) is 6.42 Å². The average molecular weight is 1140 g/mol. The van der Waals surface area contributed by atoms with Gasteiger partial charge in [0.25, 0.3) is 5.91 Å². The Morgan fingerprint density at radius 3 is 2.06 bits per heavy atom. The first-order valence-corrected chi connectivity index (χ1v) is 9.31. The van der Waals surface area contributed by atoms with Gasteiger partial charge in [-0.3, -0.25) is 4.79 Å². The molecule has 0 saturated carbocycles. The number of amides is 1. The molecule has 0 atom stereocenters. The van der Waals surface area contributed by atoms with Crippen molar-refractivity contribution in [1.29, 1.82) is 0 Å². The van der Waals surface area contributed by atoms with Gasteiger partial charge in [-0.05, 0) is 52.6 Å². The molecule has 0 aliphatic carbocycles. The zero-order valence-corrected chi connectivity index (χ0v) is 35.6. The summed E-state index contributed by atoms with van der Waals surface area (Å²) in [5.41, 5.74) is 2.60. The second-order valence-electron chi connectivity index (χ2n) is 5.85. The topological polar surface area (TPSA) is 38.3 Å². The van der Waals surface area contributed by atoms with Crippen LogP contribution in [0.15, 0.2) is 73.3 Å². The van der Waals surface area contributed by atoms with Crippen molar-refractivity contribution in [2.75, 3.05) is 20.6 Å². The maximum absolute atomic E-state index is 13.1. The maximum atomic E-state index is 13.1. The quantitative estimate of drug-likeness (QED) is 0.196. The summed E-state index contributed by atoms with van der Waals surface area (Å²) in [4.78, 5) is 12.2. The molecule has 0 aliphatic heterocycles. The van der Waals surface area contributed by atoms with E-state index in [1.807, 2.05) is 36.4 Å². The first kappa shape index (κ1) is 48.8. The number of hydrogen-bond donors (Lipinski definition) is 1. The van der Waals surface area contributed by atoms with Crippen molar-refractivity contribution in [1.82, 2.24) is 5.32 Å². The molecule has 35 heavy (non-hydrogen) atoms. The molecule has 3 aromatic rings. The van der Waals surface area contributed by atoms with Crippen LogP contribution in [0.3, 0.4) is 0 Å². The van der Waals surface area contributed by atoms with Crippen LogP contribution in [0.5, 0.6) is 0 Å². The summed E-state index contributed by atoms with van der Waals surface area (Å²) < 4.78 is 36.2. The van der Waals surface area contributed by atoms with Crippen molar-refractivity contribution in [3.05, 3.63) is 84.7 Å². The summed E-state index contributed by atoms with van der Waals surface area (Å²) in [7, 11) is 1.44. The van der Waals surface area contributed by atoms with Crippen LogP contribution in [0.25, 0.3) is 21.9 Å². The molecular weight excluding hydrogens is 1110 g/mol. The predicted octanol–water partition coefficient (Wildman–Crippen LogP) is 5.93. The summed E-state index contributed by atoms with van der Waals surface area (Å²) in [5.74, 6) is -0.344. The molecule has 0 saturated heterocycles. The summed E-state index contributed by atoms with van der Waals surface area (Å²) in [5, 5.41) is 4.88. The summed E-state index contributed by atoms with van der Waals surface area (Å²) in [6.45, 7) is 2.47. The van der Waals surface area contributed by atoms with Gasteiger partial charge in [0.1, 0.15) is 5.82 Å². The van der Waals surface area contributed by atoms with Gasteiger partial charge in [0.2, 0.25) is 6.93 Å². The Hall–Kier alpha value is 4.11. The van der Waals surface area contributed by atoms with E-state index in [0.717, 1.165) is 28.3 Å². The first-order chi connectivity index (χ1) is 14.5. The minimum atomic E-state index is -1.75. The number of rotatable bonds is 5. The smallest absolute Gasteiger partial charge is 0.251 e. The van der Waals surface area contributed by atoms with Crippen LogP contribution in [-0.2, 0) is 17.1 Å². The summed E-state index contributed by atoms with van der Waals surface area (Å²) in [6, 6.07) is 18.0. The minimum absolute atomic E-state index is 0. The van der Waals surface area contributed by atoms with Gasteiger partial charge in [0, 0.05) is 228 Å². The van der Waals surface area contributed by atoms with Crippen molar-refractivity contribution < 1.29 is 231 Å². The number of halogens is 3. The number of alkyl halides is 2. The van der Waals surface area contributed by atoms with Crippen molar-refractivity contribution in [3.63, 3.8) is 0 Å². The Morgan fingerprint density at radius 2 is 1.54 bits per heavy atom.